The van der Waals surface area contributed by atoms with Gasteiger partial charge in [-0.25, -0.2) is 4.39 Å². The van der Waals surface area contributed by atoms with Crippen LogP contribution in [-0.2, 0) is 22.6 Å². The quantitative estimate of drug-likeness (QED) is 0.324. The van der Waals surface area contributed by atoms with Gasteiger partial charge in [0.1, 0.15) is 17.6 Å². The van der Waals surface area contributed by atoms with Gasteiger partial charge < -0.3 is 15.0 Å². The van der Waals surface area contributed by atoms with Gasteiger partial charge in [-0.15, -0.1) is 0 Å². The van der Waals surface area contributed by atoms with Gasteiger partial charge in [-0.3, -0.25) is 9.59 Å². The Balaban J connectivity index is 1.92. The Morgan fingerprint density at radius 3 is 2.42 bits per heavy atom. The van der Waals surface area contributed by atoms with Crippen LogP contribution in [0.25, 0.3) is 0 Å². The summed E-state index contributed by atoms with van der Waals surface area (Å²) in [6.07, 6.45) is 1.04. The molecule has 0 spiro atoms. The summed E-state index contributed by atoms with van der Waals surface area (Å²) >= 11 is 3.46. The normalized spacial score (nSPS) is 12.5. The third kappa shape index (κ3) is 7.65. The second-order valence-electron chi connectivity index (χ2n) is 8.84. The van der Waals surface area contributed by atoms with Crippen LogP contribution >= 0.6 is 15.9 Å². The molecule has 190 valence electrons. The van der Waals surface area contributed by atoms with Crippen molar-refractivity contribution in [2.45, 2.75) is 52.2 Å². The zero-order chi connectivity index (χ0) is 26.1. The summed E-state index contributed by atoms with van der Waals surface area (Å²) in [5, 5.41) is 3.00. The van der Waals surface area contributed by atoms with E-state index in [-0.39, 0.29) is 25.1 Å². The number of benzene rings is 3. The van der Waals surface area contributed by atoms with Gasteiger partial charge in [0, 0.05) is 29.0 Å². The standard InChI is InChI=1S/C29H32BrFN2O3/c1-4-21(3)32-29(35)27(17-22-10-6-5-7-11-22)33(18-23-12-8-9-13-26(23)31)28(34)19-36-24-14-15-25(30)20(2)16-24/h5-16,21,27H,4,17-19H2,1-3H3,(H,32,35)/t21-,27-/m0/s1. The maximum absolute atomic E-state index is 14.6. The molecule has 0 heterocycles. The van der Waals surface area contributed by atoms with Crippen molar-refractivity contribution >= 4 is 27.7 Å². The highest BCUT2D eigenvalue weighted by atomic mass is 79.9. The summed E-state index contributed by atoms with van der Waals surface area (Å²) in [6, 6.07) is 20.3. The zero-order valence-corrected chi connectivity index (χ0v) is 22.4. The predicted molar refractivity (Wildman–Crippen MR) is 143 cm³/mol. The lowest BCUT2D eigenvalue weighted by Gasteiger charge is -2.32. The number of rotatable bonds is 11. The number of hydrogen-bond acceptors (Lipinski definition) is 3. The number of halogens is 2. The van der Waals surface area contributed by atoms with Gasteiger partial charge in [0.05, 0.1) is 0 Å². The maximum Gasteiger partial charge on any atom is 0.261 e. The van der Waals surface area contributed by atoms with Crippen LogP contribution in [0.15, 0.2) is 77.3 Å². The van der Waals surface area contributed by atoms with E-state index < -0.39 is 17.8 Å². The van der Waals surface area contributed by atoms with Crippen molar-refractivity contribution in [2.24, 2.45) is 0 Å². The van der Waals surface area contributed by atoms with Crippen LogP contribution in [0, 0.1) is 12.7 Å². The van der Waals surface area contributed by atoms with Gasteiger partial charge >= 0.3 is 0 Å². The highest BCUT2D eigenvalue weighted by Crippen LogP contribution is 2.22. The van der Waals surface area contributed by atoms with Crippen LogP contribution in [0.1, 0.15) is 37.0 Å². The highest BCUT2D eigenvalue weighted by Gasteiger charge is 2.31. The fourth-order valence-electron chi connectivity index (χ4n) is 3.74. The van der Waals surface area contributed by atoms with Crippen molar-refractivity contribution < 1.29 is 18.7 Å². The van der Waals surface area contributed by atoms with Crippen LogP contribution in [0.4, 0.5) is 4.39 Å². The molecular formula is C29H32BrFN2O3. The number of carbonyl (C=O) groups is 2. The summed E-state index contributed by atoms with van der Waals surface area (Å²) in [5.74, 6) is -0.574. The second-order valence-corrected chi connectivity index (χ2v) is 9.69. The zero-order valence-electron chi connectivity index (χ0n) is 20.8. The van der Waals surface area contributed by atoms with Crippen molar-refractivity contribution in [2.75, 3.05) is 6.61 Å². The minimum Gasteiger partial charge on any atom is -0.484 e. The lowest BCUT2D eigenvalue weighted by Crippen LogP contribution is -2.53. The Labute approximate surface area is 220 Å². The molecule has 0 fully saturated rings. The maximum atomic E-state index is 14.6. The third-order valence-corrected chi connectivity index (χ3v) is 6.95. The lowest BCUT2D eigenvalue weighted by molar-refractivity contribution is -0.143. The molecule has 3 aromatic carbocycles. The first-order valence-electron chi connectivity index (χ1n) is 12.0. The summed E-state index contributed by atoms with van der Waals surface area (Å²) in [6.45, 7) is 5.49. The lowest BCUT2D eigenvalue weighted by atomic mass is 10.0. The molecule has 3 aromatic rings. The van der Waals surface area contributed by atoms with Gasteiger partial charge in [0.2, 0.25) is 5.91 Å². The number of aryl methyl sites for hydroxylation is 1. The Hall–Kier alpha value is -3.19. The van der Waals surface area contributed by atoms with Crippen LogP contribution in [0.2, 0.25) is 0 Å². The molecule has 0 bridgehead atoms. The minimum absolute atomic E-state index is 0.0559. The van der Waals surface area contributed by atoms with Crippen LogP contribution in [-0.4, -0.2) is 35.4 Å². The second kappa shape index (κ2) is 13.2. The van der Waals surface area contributed by atoms with Crippen LogP contribution in [0.3, 0.4) is 0 Å². The fraction of sp³-hybridized carbons (Fsp3) is 0.310. The third-order valence-electron chi connectivity index (χ3n) is 6.06. The smallest absolute Gasteiger partial charge is 0.261 e. The van der Waals surface area contributed by atoms with Gasteiger partial charge in [-0.2, -0.15) is 0 Å². The molecule has 2 amide bonds. The molecule has 7 heteroatoms. The monoisotopic (exact) mass is 554 g/mol. The topological polar surface area (TPSA) is 58.6 Å². The molecule has 0 saturated heterocycles. The number of nitrogens with one attached hydrogen (secondary N) is 1. The van der Waals surface area contributed by atoms with Gasteiger partial charge in [-0.05, 0) is 55.7 Å². The Morgan fingerprint density at radius 2 is 1.75 bits per heavy atom. The van der Waals surface area contributed by atoms with Crippen molar-refractivity contribution in [3.05, 3.63) is 99.8 Å². The Morgan fingerprint density at radius 1 is 1.06 bits per heavy atom. The van der Waals surface area contributed by atoms with Crippen LogP contribution < -0.4 is 10.1 Å². The van der Waals surface area contributed by atoms with Gasteiger partial charge in [0.25, 0.3) is 5.91 Å². The molecule has 0 aliphatic heterocycles. The summed E-state index contributed by atoms with van der Waals surface area (Å²) < 4.78 is 21.4. The predicted octanol–water partition coefficient (Wildman–Crippen LogP) is 5.83. The van der Waals surface area contributed by atoms with E-state index in [1.165, 1.54) is 11.0 Å². The van der Waals surface area contributed by atoms with Gasteiger partial charge in [0.15, 0.2) is 6.61 Å². The molecule has 1 N–H and O–H groups in total. The molecular weight excluding hydrogens is 523 g/mol. The summed E-state index contributed by atoms with van der Waals surface area (Å²) in [4.78, 5) is 28.4. The van der Waals surface area contributed by atoms with E-state index in [1.807, 2.05) is 63.2 Å². The number of ether oxygens (including phenoxy) is 1. The fourth-order valence-corrected chi connectivity index (χ4v) is 3.99. The van der Waals surface area contributed by atoms with E-state index in [0.717, 1.165) is 22.0 Å². The van der Waals surface area contributed by atoms with E-state index in [9.17, 15) is 14.0 Å². The number of amides is 2. The van der Waals surface area contributed by atoms with Crippen molar-refractivity contribution in [3.63, 3.8) is 0 Å². The summed E-state index contributed by atoms with van der Waals surface area (Å²) in [7, 11) is 0. The average Bonchev–Trinajstić information content (AvgIpc) is 2.88. The van der Waals surface area contributed by atoms with E-state index in [2.05, 4.69) is 21.2 Å². The molecule has 0 aliphatic carbocycles. The van der Waals surface area contributed by atoms with Crippen molar-refractivity contribution in [3.8, 4) is 5.75 Å². The van der Waals surface area contributed by atoms with E-state index in [4.69, 9.17) is 4.74 Å². The number of hydrogen-bond donors (Lipinski definition) is 1. The van der Waals surface area contributed by atoms with Crippen molar-refractivity contribution in [1.29, 1.82) is 0 Å². The van der Waals surface area contributed by atoms with E-state index in [0.29, 0.717) is 17.7 Å². The molecule has 0 saturated carbocycles. The molecule has 0 aromatic heterocycles. The molecule has 0 radical (unpaired) electrons. The first-order valence-corrected chi connectivity index (χ1v) is 12.8. The molecule has 3 rings (SSSR count). The molecule has 2 atom stereocenters. The number of carbonyl (C=O) groups excluding carboxylic acids is 2. The van der Waals surface area contributed by atoms with Gasteiger partial charge in [-0.1, -0.05) is 71.4 Å². The Kier molecular flexibility index (Phi) is 10.1. The SMILES string of the molecule is CC[C@H](C)NC(=O)[C@H](Cc1ccccc1)N(Cc1ccccc1F)C(=O)COc1ccc(Br)c(C)c1. The van der Waals surface area contributed by atoms with Crippen molar-refractivity contribution in [1.82, 2.24) is 10.2 Å². The Bertz CT molecular complexity index is 1170. The van der Waals surface area contributed by atoms with E-state index in [1.54, 1.807) is 24.3 Å². The molecule has 0 aliphatic rings. The molecule has 36 heavy (non-hydrogen) atoms. The average molecular weight is 555 g/mol. The molecule has 5 nitrogen and oxygen atoms in total. The minimum atomic E-state index is -0.844. The van der Waals surface area contributed by atoms with E-state index >= 15 is 0 Å². The summed E-state index contributed by atoms with van der Waals surface area (Å²) in [5.41, 5.74) is 2.20. The highest BCUT2D eigenvalue weighted by molar-refractivity contribution is 9.10. The largest absolute Gasteiger partial charge is 0.484 e. The number of nitrogens with zero attached hydrogens (tertiary/aromatic N) is 1. The molecule has 0 unspecified atom stereocenters. The first-order chi connectivity index (χ1) is 17.3. The van der Waals surface area contributed by atoms with Crippen LogP contribution in [0.5, 0.6) is 5.75 Å². The first kappa shape index (κ1) is 27.4.